The fourth-order valence-corrected chi connectivity index (χ4v) is 4.01. The zero-order valence-corrected chi connectivity index (χ0v) is 18.0. The van der Waals surface area contributed by atoms with Crippen LogP contribution in [0.3, 0.4) is 0 Å². The zero-order valence-electron chi connectivity index (χ0n) is 17.2. The topological polar surface area (TPSA) is 120 Å². The van der Waals surface area contributed by atoms with Crippen LogP contribution in [0.5, 0.6) is 0 Å². The quantitative estimate of drug-likeness (QED) is 0.626. The van der Waals surface area contributed by atoms with Crippen molar-refractivity contribution in [2.75, 3.05) is 0 Å². The molecule has 8 nitrogen and oxygen atoms in total. The Labute approximate surface area is 175 Å². The molecule has 2 aromatic heterocycles. The molecule has 1 atom stereocenters. The number of hydrogen-bond acceptors (Lipinski definition) is 5. The molecular weight excluding hydrogens is 402 g/mol. The second-order valence-electron chi connectivity index (χ2n) is 8.10. The molecule has 1 aliphatic rings. The minimum Gasteiger partial charge on any atom is -0.345 e. The van der Waals surface area contributed by atoms with Crippen molar-refractivity contribution in [1.29, 1.82) is 0 Å². The summed E-state index contributed by atoms with van der Waals surface area (Å²) in [5, 5.41) is 13.3. The summed E-state index contributed by atoms with van der Waals surface area (Å²) < 4.78 is 24.7. The molecule has 1 saturated carbocycles. The number of nitrogens with zero attached hydrogens (tertiary/aromatic N) is 3. The van der Waals surface area contributed by atoms with Crippen molar-refractivity contribution < 1.29 is 13.2 Å². The van der Waals surface area contributed by atoms with E-state index >= 15 is 0 Å². The molecule has 0 radical (unpaired) electrons. The van der Waals surface area contributed by atoms with E-state index in [0.717, 1.165) is 35.1 Å². The van der Waals surface area contributed by atoms with Gasteiger partial charge in [-0.1, -0.05) is 12.1 Å². The van der Waals surface area contributed by atoms with Gasteiger partial charge in [0.25, 0.3) is 5.91 Å². The maximum Gasteiger partial charge on any atom is 0.252 e. The minimum absolute atomic E-state index is 0.0378. The second-order valence-corrected chi connectivity index (χ2v) is 9.66. The average Bonchev–Trinajstić information content (AvgIpc) is 3.45. The van der Waals surface area contributed by atoms with E-state index < -0.39 is 10.0 Å². The van der Waals surface area contributed by atoms with Crippen molar-refractivity contribution >= 4 is 27.0 Å². The fourth-order valence-electron chi connectivity index (χ4n) is 3.50. The first kappa shape index (κ1) is 20.5. The lowest BCUT2D eigenvalue weighted by atomic mass is 10.1. The van der Waals surface area contributed by atoms with E-state index in [1.54, 1.807) is 18.3 Å². The first-order chi connectivity index (χ1) is 14.1. The number of rotatable bonds is 6. The fraction of sp³-hybridized carbons (Fsp3) is 0.381. The molecule has 1 unspecified atom stereocenters. The Balaban J connectivity index is 1.64. The largest absolute Gasteiger partial charge is 0.345 e. The monoisotopic (exact) mass is 427 g/mol. The van der Waals surface area contributed by atoms with Gasteiger partial charge in [-0.15, -0.1) is 0 Å². The van der Waals surface area contributed by atoms with E-state index in [9.17, 15) is 13.2 Å². The summed E-state index contributed by atoms with van der Waals surface area (Å²) in [5.41, 5.74) is 2.99. The smallest absolute Gasteiger partial charge is 0.252 e. The summed E-state index contributed by atoms with van der Waals surface area (Å²) in [6.45, 7) is 5.91. The maximum atomic E-state index is 13.2. The Hall–Kier alpha value is -2.78. The van der Waals surface area contributed by atoms with Crippen LogP contribution >= 0.6 is 0 Å². The molecule has 0 bridgehead atoms. The van der Waals surface area contributed by atoms with Crippen molar-refractivity contribution in [3.05, 3.63) is 53.3 Å². The number of carbonyl (C=O) groups is 1. The highest BCUT2D eigenvalue weighted by Gasteiger charge is 2.28. The van der Waals surface area contributed by atoms with Gasteiger partial charge in [0, 0.05) is 17.7 Å². The van der Waals surface area contributed by atoms with Gasteiger partial charge in [0.2, 0.25) is 10.0 Å². The number of nitrogens with one attached hydrogen (secondary N) is 1. The average molecular weight is 428 g/mol. The van der Waals surface area contributed by atoms with Gasteiger partial charge in [0.15, 0.2) is 5.65 Å². The van der Waals surface area contributed by atoms with Crippen molar-refractivity contribution in [1.82, 2.24) is 20.1 Å². The number of primary sulfonamides is 1. The highest BCUT2D eigenvalue weighted by Crippen LogP contribution is 2.40. The van der Waals surface area contributed by atoms with Crippen LogP contribution in [0.1, 0.15) is 73.2 Å². The van der Waals surface area contributed by atoms with Crippen LogP contribution in [0, 0.1) is 0 Å². The molecular formula is C21H25N5O3S. The van der Waals surface area contributed by atoms with Crippen molar-refractivity contribution in [3.63, 3.8) is 0 Å². The Morgan fingerprint density at radius 2 is 1.87 bits per heavy atom. The lowest BCUT2D eigenvalue weighted by Gasteiger charge is -2.16. The standard InChI is InChI=1S/C21H25N5O3S/c1-12(2)26-20-18(11-23-26)17(10-19(25-20)15-4-5-15)21(27)24-13(3)14-6-8-16(9-7-14)30(22,28)29/h6-13,15H,4-5H2,1-3H3,(H,24,27)(H2,22,28,29). The summed E-state index contributed by atoms with van der Waals surface area (Å²) in [6.07, 6.45) is 3.86. The second kappa shape index (κ2) is 7.48. The molecule has 1 aliphatic carbocycles. The molecule has 1 aromatic carbocycles. The molecule has 4 rings (SSSR count). The number of amides is 1. The normalized spacial score (nSPS) is 15.5. The summed E-state index contributed by atoms with van der Waals surface area (Å²) in [4.78, 5) is 18.0. The molecule has 0 aliphatic heterocycles. The predicted octanol–water partition coefficient (Wildman–Crippen LogP) is 3.03. The number of hydrogen-bond donors (Lipinski definition) is 2. The number of benzene rings is 1. The molecule has 9 heteroatoms. The number of sulfonamides is 1. The molecule has 1 fully saturated rings. The van der Waals surface area contributed by atoms with Gasteiger partial charge < -0.3 is 5.32 Å². The van der Waals surface area contributed by atoms with Crippen LogP contribution in [-0.4, -0.2) is 29.1 Å². The molecule has 2 heterocycles. The lowest BCUT2D eigenvalue weighted by molar-refractivity contribution is 0.0941. The van der Waals surface area contributed by atoms with Gasteiger partial charge in [-0.2, -0.15) is 5.10 Å². The SMILES string of the molecule is CC(NC(=O)c1cc(C2CC2)nc2c1cnn2C(C)C)c1ccc(S(N)(=O)=O)cc1. The Morgan fingerprint density at radius 1 is 1.20 bits per heavy atom. The van der Waals surface area contributed by atoms with E-state index in [0.29, 0.717) is 11.5 Å². The molecule has 0 saturated heterocycles. The van der Waals surface area contributed by atoms with E-state index in [2.05, 4.69) is 10.4 Å². The molecule has 3 N–H and O–H groups in total. The number of pyridine rings is 1. The van der Waals surface area contributed by atoms with Gasteiger partial charge in [0.1, 0.15) is 0 Å². The molecule has 0 spiro atoms. The van der Waals surface area contributed by atoms with Crippen LogP contribution in [-0.2, 0) is 10.0 Å². The Bertz CT molecular complexity index is 1210. The first-order valence-electron chi connectivity index (χ1n) is 9.97. The minimum atomic E-state index is -3.75. The lowest BCUT2D eigenvalue weighted by Crippen LogP contribution is -2.27. The summed E-state index contributed by atoms with van der Waals surface area (Å²) in [5.74, 6) is 0.190. The van der Waals surface area contributed by atoms with Gasteiger partial charge in [-0.05, 0) is 57.4 Å². The third kappa shape index (κ3) is 3.95. The Morgan fingerprint density at radius 3 is 2.43 bits per heavy atom. The van der Waals surface area contributed by atoms with E-state index in [1.807, 2.05) is 31.5 Å². The number of aromatic nitrogens is 3. The highest BCUT2D eigenvalue weighted by atomic mass is 32.2. The van der Waals surface area contributed by atoms with Crippen LogP contribution in [0.2, 0.25) is 0 Å². The number of carbonyl (C=O) groups excluding carboxylic acids is 1. The predicted molar refractivity (Wildman–Crippen MR) is 114 cm³/mol. The van der Waals surface area contributed by atoms with Crippen LogP contribution in [0.4, 0.5) is 0 Å². The summed E-state index contributed by atoms with van der Waals surface area (Å²) in [6, 6.07) is 7.87. The molecule has 1 amide bonds. The van der Waals surface area contributed by atoms with Gasteiger partial charge in [-0.3, -0.25) is 4.79 Å². The van der Waals surface area contributed by atoms with Crippen molar-refractivity contribution in [3.8, 4) is 0 Å². The number of nitrogens with two attached hydrogens (primary N) is 1. The zero-order chi connectivity index (χ0) is 21.6. The van der Waals surface area contributed by atoms with Crippen molar-refractivity contribution in [2.24, 2.45) is 5.14 Å². The van der Waals surface area contributed by atoms with E-state index in [1.165, 1.54) is 12.1 Å². The van der Waals surface area contributed by atoms with Crippen LogP contribution in [0.15, 0.2) is 41.4 Å². The first-order valence-corrected chi connectivity index (χ1v) is 11.5. The summed E-state index contributed by atoms with van der Waals surface area (Å²) in [7, 11) is -3.75. The van der Waals surface area contributed by atoms with E-state index in [-0.39, 0.29) is 22.9 Å². The van der Waals surface area contributed by atoms with Crippen molar-refractivity contribution in [2.45, 2.75) is 56.5 Å². The van der Waals surface area contributed by atoms with Crippen LogP contribution < -0.4 is 10.5 Å². The molecule has 30 heavy (non-hydrogen) atoms. The van der Waals surface area contributed by atoms with Gasteiger partial charge in [-0.25, -0.2) is 23.2 Å². The third-order valence-electron chi connectivity index (χ3n) is 5.37. The van der Waals surface area contributed by atoms with Crippen LogP contribution in [0.25, 0.3) is 11.0 Å². The number of fused-ring (bicyclic) bond motifs is 1. The summed E-state index contributed by atoms with van der Waals surface area (Å²) >= 11 is 0. The Kier molecular flexibility index (Phi) is 5.11. The van der Waals surface area contributed by atoms with Gasteiger partial charge in [0.05, 0.1) is 28.1 Å². The highest BCUT2D eigenvalue weighted by molar-refractivity contribution is 7.89. The molecule has 158 valence electrons. The molecule has 3 aromatic rings. The van der Waals surface area contributed by atoms with E-state index in [4.69, 9.17) is 10.1 Å². The third-order valence-corrected chi connectivity index (χ3v) is 6.30. The van der Waals surface area contributed by atoms with Gasteiger partial charge >= 0.3 is 0 Å². The maximum absolute atomic E-state index is 13.2.